The van der Waals surface area contributed by atoms with Crippen molar-refractivity contribution in [3.8, 4) is 0 Å². The van der Waals surface area contributed by atoms with Crippen LogP contribution in [0.1, 0.15) is 0 Å². The van der Waals surface area contributed by atoms with E-state index in [9.17, 15) is 8.42 Å². The lowest BCUT2D eigenvalue weighted by molar-refractivity contribution is 0.0900. The predicted molar refractivity (Wildman–Crippen MR) is 33.6 cm³/mol. The number of aliphatic hydroxyl groups is 1. The van der Waals surface area contributed by atoms with Crippen LogP contribution < -0.4 is 4.72 Å². The number of hydrogen-bond donors (Lipinski definition) is 2. The molecule has 1 fully saturated rings. The summed E-state index contributed by atoms with van der Waals surface area (Å²) in [5, 5.41) is 8.71. The number of aliphatic hydroxyl groups excluding tert-OH is 1. The molecule has 10 heavy (non-hydrogen) atoms. The zero-order chi connectivity index (χ0) is 7.99. The molecular weight excluding hydrogens is 205 g/mol. The molecule has 1 aliphatic heterocycles. The molecule has 2 N–H and O–H groups in total. The van der Waals surface area contributed by atoms with E-state index in [0.29, 0.717) is 0 Å². The van der Waals surface area contributed by atoms with Gasteiger partial charge in [-0.1, -0.05) is 23.2 Å². The van der Waals surface area contributed by atoms with Crippen LogP contribution in [-0.2, 0) is 14.5 Å². The van der Waals surface area contributed by atoms with E-state index in [1.165, 1.54) is 0 Å². The van der Waals surface area contributed by atoms with E-state index in [0.717, 1.165) is 0 Å². The van der Waals surface area contributed by atoms with Gasteiger partial charge < -0.3 is 5.11 Å². The molecule has 1 saturated heterocycles. The fourth-order valence-electron chi connectivity index (χ4n) is 0.421. The van der Waals surface area contributed by atoms with Crippen LogP contribution in [0.2, 0.25) is 0 Å². The maximum atomic E-state index is 10.4. The summed E-state index contributed by atoms with van der Waals surface area (Å²) in [6.45, 7) is 0. The summed E-state index contributed by atoms with van der Waals surface area (Å²) in [7, 11) is -3.97. The minimum absolute atomic E-state index is 1.62. The van der Waals surface area contributed by atoms with Crippen LogP contribution in [0.5, 0.6) is 0 Å². The summed E-state index contributed by atoms with van der Waals surface area (Å²) in [5.41, 5.74) is 0. The van der Waals surface area contributed by atoms with Gasteiger partial charge in [-0.3, -0.25) is 0 Å². The van der Waals surface area contributed by atoms with Gasteiger partial charge in [0.25, 0.3) is 4.52 Å². The first-order valence-electron chi connectivity index (χ1n) is 2.12. The average Bonchev–Trinajstić information content (AvgIpc) is 1.73. The summed E-state index contributed by atoms with van der Waals surface area (Å²) < 4.78 is 24.3. The Morgan fingerprint density at radius 3 is 2.20 bits per heavy atom. The quantitative estimate of drug-likeness (QED) is 0.516. The number of hydrogen-bond acceptors (Lipinski definition) is 4. The SMILES string of the molecule is O=S1(=O)NC(O)C(Cl)(Cl)O1. The van der Waals surface area contributed by atoms with Crippen molar-refractivity contribution in [2.75, 3.05) is 0 Å². The van der Waals surface area contributed by atoms with Crippen LogP contribution in [0.4, 0.5) is 0 Å². The Morgan fingerprint density at radius 2 is 2.10 bits per heavy atom. The Hall–Kier alpha value is 0.410. The largest absolute Gasteiger partial charge is 0.372 e. The van der Waals surface area contributed by atoms with Crippen LogP contribution in [-0.4, -0.2) is 24.3 Å². The van der Waals surface area contributed by atoms with Crippen LogP contribution in [0, 0.1) is 0 Å². The van der Waals surface area contributed by atoms with Crippen molar-refractivity contribution < 1.29 is 17.7 Å². The number of rotatable bonds is 0. The van der Waals surface area contributed by atoms with Crippen molar-refractivity contribution in [1.29, 1.82) is 0 Å². The lowest BCUT2D eigenvalue weighted by Crippen LogP contribution is -2.34. The van der Waals surface area contributed by atoms with E-state index >= 15 is 0 Å². The fraction of sp³-hybridized carbons (Fsp3) is 1.00. The van der Waals surface area contributed by atoms with Crippen LogP contribution in [0.25, 0.3) is 0 Å². The second-order valence-corrected chi connectivity index (χ2v) is 4.25. The van der Waals surface area contributed by atoms with E-state index in [1.54, 1.807) is 4.72 Å². The van der Waals surface area contributed by atoms with Crippen molar-refractivity contribution in [3.05, 3.63) is 0 Å². The molecular formula is C2H3Cl2NO4S. The van der Waals surface area contributed by atoms with Gasteiger partial charge in [-0.15, -0.1) is 0 Å². The first kappa shape index (κ1) is 8.51. The predicted octanol–water partition coefficient (Wildman–Crippen LogP) is -0.699. The van der Waals surface area contributed by atoms with Crippen molar-refractivity contribution in [1.82, 2.24) is 4.72 Å². The standard InChI is InChI=1S/C2H3Cl2NO4S/c3-2(4)1(6)5-10(7,8)9-2/h1,5-6H. The Morgan fingerprint density at radius 1 is 1.60 bits per heavy atom. The molecule has 0 bridgehead atoms. The van der Waals surface area contributed by atoms with Gasteiger partial charge in [0.1, 0.15) is 0 Å². The number of halogens is 2. The molecule has 0 aromatic rings. The molecule has 0 aromatic heterocycles. The van der Waals surface area contributed by atoms with Gasteiger partial charge in [0.15, 0.2) is 6.23 Å². The van der Waals surface area contributed by atoms with Crippen molar-refractivity contribution in [3.63, 3.8) is 0 Å². The zero-order valence-corrected chi connectivity index (χ0v) is 6.74. The highest BCUT2D eigenvalue weighted by Gasteiger charge is 2.48. The van der Waals surface area contributed by atoms with E-state index in [2.05, 4.69) is 4.18 Å². The Kier molecular flexibility index (Phi) is 1.87. The summed E-state index contributed by atoms with van der Waals surface area (Å²) in [6, 6.07) is 0. The Bertz CT molecular complexity index is 236. The van der Waals surface area contributed by atoms with Gasteiger partial charge in [0, 0.05) is 0 Å². The normalized spacial score (nSPS) is 36.1. The molecule has 1 rings (SSSR count). The van der Waals surface area contributed by atoms with Gasteiger partial charge in [-0.2, -0.15) is 13.1 Å². The smallest absolute Gasteiger partial charge is 0.341 e. The van der Waals surface area contributed by atoms with Gasteiger partial charge in [0.2, 0.25) is 0 Å². The Balaban J connectivity index is 2.92. The molecule has 1 aliphatic rings. The first-order chi connectivity index (χ1) is 4.33. The second kappa shape index (κ2) is 2.20. The molecule has 0 aliphatic carbocycles. The maximum Gasteiger partial charge on any atom is 0.341 e. The minimum Gasteiger partial charge on any atom is -0.372 e. The second-order valence-electron chi connectivity index (χ2n) is 1.62. The number of nitrogens with one attached hydrogen (secondary N) is 1. The van der Waals surface area contributed by atoms with E-state index in [1.807, 2.05) is 0 Å². The third-order valence-corrected chi connectivity index (χ3v) is 2.54. The van der Waals surface area contributed by atoms with Crippen molar-refractivity contribution in [2.45, 2.75) is 10.7 Å². The lowest BCUT2D eigenvalue weighted by atomic mass is 10.6. The van der Waals surface area contributed by atoms with Gasteiger partial charge in [0.05, 0.1) is 0 Å². The van der Waals surface area contributed by atoms with Crippen LogP contribution in [0.15, 0.2) is 0 Å². The average molecular weight is 208 g/mol. The molecule has 0 aromatic carbocycles. The monoisotopic (exact) mass is 207 g/mol. The summed E-state index contributed by atoms with van der Waals surface area (Å²) in [5.74, 6) is 0. The molecule has 0 saturated carbocycles. The van der Waals surface area contributed by atoms with E-state index < -0.39 is 21.1 Å². The third kappa shape index (κ3) is 1.52. The van der Waals surface area contributed by atoms with Crippen LogP contribution in [0.3, 0.4) is 0 Å². The molecule has 8 heteroatoms. The molecule has 1 unspecified atom stereocenters. The zero-order valence-electron chi connectivity index (χ0n) is 4.41. The maximum absolute atomic E-state index is 10.4. The van der Waals surface area contributed by atoms with Crippen LogP contribution >= 0.6 is 23.2 Å². The minimum atomic E-state index is -3.97. The first-order valence-corrected chi connectivity index (χ1v) is 4.29. The van der Waals surface area contributed by atoms with Gasteiger partial charge in [-0.05, 0) is 0 Å². The van der Waals surface area contributed by atoms with Crippen molar-refractivity contribution >= 4 is 33.5 Å². The van der Waals surface area contributed by atoms with E-state index in [4.69, 9.17) is 28.3 Å². The lowest BCUT2D eigenvalue weighted by Gasteiger charge is -2.10. The van der Waals surface area contributed by atoms with Gasteiger partial charge >= 0.3 is 10.3 Å². The Labute approximate surface area is 67.1 Å². The summed E-state index contributed by atoms with van der Waals surface area (Å²) >= 11 is 10.3. The molecule has 1 atom stereocenters. The van der Waals surface area contributed by atoms with Gasteiger partial charge in [-0.25, -0.2) is 4.18 Å². The summed E-state index contributed by atoms with van der Waals surface area (Å²) in [6.07, 6.45) is -1.62. The summed E-state index contributed by atoms with van der Waals surface area (Å²) in [4.78, 5) is 0. The molecule has 0 amide bonds. The topological polar surface area (TPSA) is 75.6 Å². The van der Waals surface area contributed by atoms with Crippen molar-refractivity contribution in [2.24, 2.45) is 0 Å². The highest BCUT2D eigenvalue weighted by Crippen LogP contribution is 2.32. The molecule has 0 spiro atoms. The third-order valence-electron chi connectivity index (χ3n) is 0.795. The highest BCUT2D eigenvalue weighted by molar-refractivity contribution is 7.85. The molecule has 60 valence electrons. The molecule has 1 heterocycles. The molecule has 0 radical (unpaired) electrons. The fourth-order valence-corrected chi connectivity index (χ4v) is 2.03. The number of alkyl halides is 2. The molecule has 5 nitrogen and oxygen atoms in total. The van der Waals surface area contributed by atoms with E-state index in [-0.39, 0.29) is 0 Å². The highest BCUT2D eigenvalue weighted by atomic mass is 35.5.